The Morgan fingerprint density at radius 3 is 2.62 bits per heavy atom. The van der Waals surface area contributed by atoms with Crippen molar-refractivity contribution in [3.63, 3.8) is 0 Å². The molecule has 0 radical (unpaired) electrons. The van der Waals surface area contributed by atoms with Gasteiger partial charge >= 0.3 is 0 Å². The number of ether oxygens (including phenoxy) is 1. The van der Waals surface area contributed by atoms with Gasteiger partial charge in [0.2, 0.25) is 0 Å². The first-order valence-electron chi connectivity index (χ1n) is 7.10. The van der Waals surface area contributed by atoms with Gasteiger partial charge in [-0.15, -0.1) is 0 Å². The summed E-state index contributed by atoms with van der Waals surface area (Å²) in [5.74, 6) is 0. The van der Waals surface area contributed by atoms with Gasteiger partial charge in [0.15, 0.2) is 5.03 Å². The molecule has 0 fully saturated rings. The van der Waals surface area contributed by atoms with E-state index < -0.39 is 10.0 Å². The first kappa shape index (κ1) is 18.0. The molecule has 0 unspecified atom stereocenters. The fraction of sp³-hybridized carbons (Fsp3) is 0.643. The number of likely N-dealkylation sites (N-methyl/N-ethyl adjacent to an activating group) is 1. The zero-order valence-electron chi connectivity index (χ0n) is 13.2. The molecule has 1 N–H and O–H groups in total. The van der Waals surface area contributed by atoms with Gasteiger partial charge in [-0.25, -0.2) is 13.4 Å². The van der Waals surface area contributed by atoms with Crippen molar-refractivity contribution < 1.29 is 13.2 Å². The largest absolute Gasteiger partial charge is 0.380 e. The van der Waals surface area contributed by atoms with Crippen LogP contribution in [0.25, 0.3) is 0 Å². The maximum atomic E-state index is 12.3. The fourth-order valence-electron chi connectivity index (χ4n) is 1.61. The monoisotopic (exact) mass is 315 g/mol. The summed E-state index contributed by atoms with van der Waals surface area (Å²) in [7, 11) is -2.01. The Bertz CT molecular complexity index is 515. The van der Waals surface area contributed by atoms with Crippen LogP contribution in [0.1, 0.15) is 26.3 Å². The van der Waals surface area contributed by atoms with Crippen LogP contribution in [0.15, 0.2) is 23.4 Å². The third-order valence-corrected chi connectivity index (χ3v) is 4.71. The standard InChI is InChI=1S/C14H25N3O3S/c1-5-20-9-8-17(4)21(18,19)14-7-6-13(11-16-14)10-15-12(2)3/h6-7,11-12,15H,5,8-10H2,1-4H3. The van der Waals surface area contributed by atoms with Crippen molar-refractivity contribution in [1.82, 2.24) is 14.6 Å². The summed E-state index contributed by atoms with van der Waals surface area (Å²) in [4.78, 5) is 4.07. The molecular formula is C14H25N3O3S. The van der Waals surface area contributed by atoms with Crippen molar-refractivity contribution in [2.24, 2.45) is 0 Å². The number of nitrogens with one attached hydrogen (secondary N) is 1. The summed E-state index contributed by atoms with van der Waals surface area (Å²) in [5, 5.41) is 3.33. The summed E-state index contributed by atoms with van der Waals surface area (Å²) >= 11 is 0. The lowest BCUT2D eigenvalue weighted by atomic mass is 10.2. The molecule has 0 spiro atoms. The van der Waals surface area contributed by atoms with E-state index in [-0.39, 0.29) is 5.03 Å². The predicted molar refractivity (Wildman–Crippen MR) is 82.5 cm³/mol. The molecule has 7 heteroatoms. The zero-order valence-corrected chi connectivity index (χ0v) is 14.0. The number of hydrogen-bond donors (Lipinski definition) is 1. The van der Waals surface area contributed by atoms with Crippen molar-refractivity contribution in [2.75, 3.05) is 26.8 Å². The third-order valence-electron chi connectivity index (χ3n) is 2.94. The Morgan fingerprint density at radius 1 is 1.38 bits per heavy atom. The highest BCUT2D eigenvalue weighted by atomic mass is 32.2. The van der Waals surface area contributed by atoms with E-state index in [1.54, 1.807) is 18.3 Å². The summed E-state index contributed by atoms with van der Waals surface area (Å²) in [6.45, 7) is 7.92. The van der Waals surface area contributed by atoms with E-state index in [2.05, 4.69) is 24.1 Å². The Balaban J connectivity index is 2.70. The van der Waals surface area contributed by atoms with Gasteiger partial charge in [0, 0.05) is 39.0 Å². The highest BCUT2D eigenvalue weighted by molar-refractivity contribution is 7.89. The minimum Gasteiger partial charge on any atom is -0.380 e. The zero-order chi connectivity index (χ0) is 15.9. The molecule has 0 saturated carbocycles. The van der Waals surface area contributed by atoms with Crippen LogP contribution < -0.4 is 5.32 Å². The molecule has 0 atom stereocenters. The molecule has 1 heterocycles. The van der Waals surface area contributed by atoms with E-state index in [1.807, 2.05) is 6.92 Å². The van der Waals surface area contributed by atoms with Gasteiger partial charge in [-0.1, -0.05) is 19.9 Å². The van der Waals surface area contributed by atoms with Crippen molar-refractivity contribution in [2.45, 2.75) is 38.4 Å². The van der Waals surface area contributed by atoms with Crippen LogP contribution in [0.3, 0.4) is 0 Å². The van der Waals surface area contributed by atoms with Gasteiger partial charge in [0.05, 0.1) is 6.61 Å². The van der Waals surface area contributed by atoms with Crippen LogP contribution >= 0.6 is 0 Å². The van der Waals surface area contributed by atoms with Gasteiger partial charge in [0.25, 0.3) is 10.0 Å². The lowest BCUT2D eigenvalue weighted by Crippen LogP contribution is -2.31. The topological polar surface area (TPSA) is 71.5 Å². The van der Waals surface area contributed by atoms with E-state index in [0.29, 0.717) is 32.3 Å². The Morgan fingerprint density at radius 2 is 2.10 bits per heavy atom. The predicted octanol–water partition coefficient (Wildman–Crippen LogP) is 1.24. The molecule has 1 aromatic heterocycles. The molecule has 6 nitrogen and oxygen atoms in total. The Hall–Kier alpha value is -1.02. The molecule has 21 heavy (non-hydrogen) atoms. The molecule has 0 bridgehead atoms. The number of sulfonamides is 1. The molecule has 0 aliphatic heterocycles. The van der Waals surface area contributed by atoms with E-state index in [4.69, 9.17) is 4.74 Å². The highest BCUT2D eigenvalue weighted by Crippen LogP contribution is 2.12. The van der Waals surface area contributed by atoms with E-state index >= 15 is 0 Å². The second-order valence-electron chi connectivity index (χ2n) is 5.06. The van der Waals surface area contributed by atoms with Crippen molar-refractivity contribution in [1.29, 1.82) is 0 Å². The maximum absolute atomic E-state index is 12.3. The molecule has 1 rings (SSSR count). The van der Waals surface area contributed by atoms with Gasteiger partial charge < -0.3 is 10.1 Å². The van der Waals surface area contributed by atoms with Gasteiger partial charge in [-0.2, -0.15) is 4.31 Å². The van der Waals surface area contributed by atoms with Crippen LogP contribution in [0, 0.1) is 0 Å². The maximum Gasteiger partial charge on any atom is 0.260 e. The first-order valence-corrected chi connectivity index (χ1v) is 8.54. The number of aromatic nitrogens is 1. The van der Waals surface area contributed by atoms with Crippen molar-refractivity contribution in [3.8, 4) is 0 Å². The van der Waals surface area contributed by atoms with Crippen LogP contribution in [0.4, 0.5) is 0 Å². The average molecular weight is 315 g/mol. The number of hydrogen-bond acceptors (Lipinski definition) is 5. The van der Waals surface area contributed by atoms with Crippen LogP contribution in [0.5, 0.6) is 0 Å². The molecule has 0 saturated heterocycles. The second-order valence-corrected chi connectivity index (χ2v) is 7.06. The lowest BCUT2D eigenvalue weighted by molar-refractivity contribution is 0.138. The second kappa shape index (κ2) is 8.43. The minimum atomic E-state index is -3.55. The number of pyridine rings is 1. The number of rotatable bonds is 9. The molecule has 1 aromatic rings. The highest BCUT2D eigenvalue weighted by Gasteiger charge is 2.21. The SMILES string of the molecule is CCOCCN(C)S(=O)(=O)c1ccc(CNC(C)C)cn1. The van der Waals surface area contributed by atoms with Crippen molar-refractivity contribution >= 4 is 10.0 Å². The summed E-state index contributed by atoms with van der Waals surface area (Å²) < 4.78 is 31.0. The van der Waals surface area contributed by atoms with Crippen LogP contribution in [0.2, 0.25) is 0 Å². The molecule has 0 aromatic carbocycles. The van der Waals surface area contributed by atoms with Gasteiger partial charge in [0.1, 0.15) is 0 Å². The summed E-state index contributed by atoms with van der Waals surface area (Å²) in [6.07, 6.45) is 1.60. The quantitative estimate of drug-likeness (QED) is 0.694. The smallest absolute Gasteiger partial charge is 0.260 e. The molecular weight excluding hydrogens is 290 g/mol. The van der Waals surface area contributed by atoms with Crippen LogP contribution in [-0.2, 0) is 21.3 Å². The van der Waals surface area contributed by atoms with Gasteiger partial charge in [-0.3, -0.25) is 0 Å². The minimum absolute atomic E-state index is 0.0646. The first-order chi connectivity index (χ1) is 9.87. The van der Waals surface area contributed by atoms with E-state index in [0.717, 1.165) is 5.56 Å². The average Bonchev–Trinajstić information content (AvgIpc) is 2.45. The lowest BCUT2D eigenvalue weighted by Gasteiger charge is -2.16. The van der Waals surface area contributed by atoms with Crippen molar-refractivity contribution in [3.05, 3.63) is 23.9 Å². The summed E-state index contributed by atoms with van der Waals surface area (Å²) in [5.41, 5.74) is 0.958. The molecule has 0 aliphatic rings. The third kappa shape index (κ3) is 5.70. The fourth-order valence-corrected chi connectivity index (χ4v) is 2.67. The van der Waals surface area contributed by atoms with E-state index in [9.17, 15) is 8.42 Å². The Labute approximate surface area is 127 Å². The normalized spacial score (nSPS) is 12.3. The van der Waals surface area contributed by atoms with Gasteiger partial charge in [-0.05, 0) is 18.6 Å². The summed E-state index contributed by atoms with van der Waals surface area (Å²) in [6, 6.07) is 3.70. The van der Waals surface area contributed by atoms with E-state index in [1.165, 1.54) is 11.4 Å². The molecule has 120 valence electrons. The Kier molecular flexibility index (Phi) is 7.24. The number of nitrogens with zero attached hydrogens (tertiary/aromatic N) is 2. The molecule has 0 aliphatic carbocycles. The molecule has 0 amide bonds. The van der Waals surface area contributed by atoms with Crippen LogP contribution in [-0.4, -0.2) is 50.6 Å².